The number of ether oxygens (including phenoxy) is 1. The van der Waals surface area contributed by atoms with Crippen LogP contribution < -0.4 is 10.6 Å². The highest BCUT2D eigenvalue weighted by Gasteiger charge is 2.13. The molecule has 0 saturated heterocycles. The zero-order chi connectivity index (χ0) is 18.4. The van der Waals surface area contributed by atoms with Crippen molar-refractivity contribution in [2.24, 2.45) is 0 Å². The number of amides is 3. The minimum absolute atomic E-state index is 0.129. The smallest absolute Gasteiger partial charge is 0.338 e. The molecule has 0 radical (unpaired) electrons. The van der Waals surface area contributed by atoms with Gasteiger partial charge in [0.1, 0.15) is 5.76 Å². The number of imide groups is 1. The molecule has 1 aromatic carbocycles. The predicted molar refractivity (Wildman–Crippen MR) is 88.9 cm³/mol. The van der Waals surface area contributed by atoms with E-state index in [2.05, 4.69) is 15.3 Å². The Balaban J connectivity index is 1.47. The van der Waals surface area contributed by atoms with E-state index in [9.17, 15) is 14.4 Å². The third-order valence-electron chi connectivity index (χ3n) is 3.30. The van der Waals surface area contributed by atoms with Crippen molar-refractivity contribution in [2.75, 3.05) is 6.61 Å². The first-order valence-electron chi connectivity index (χ1n) is 7.60. The fourth-order valence-electron chi connectivity index (χ4n) is 2.09. The standard InChI is InChI=1S/C17H14N4O5/c22-15(21-17(24)20-9-12-2-1-7-25-12)10-26-16(23)11-3-4-13-14(8-11)19-6-5-18-13/h1-8H,9-10H2,(H2,20,21,22,24). The summed E-state index contributed by atoms with van der Waals surface area (Å²) in [5, 5.41) is 4.48. The normalized spacial score (nSPS) is 10.3. The van der Waals surface area contributed by atoms with Crippen LogP contribution in [0, 0.1) is 0 Å². The number of rotatable bonds is 5. The Kier molecular flexibility index (Phi) is 5.18. The SMILES string of the molecule is O=C(COC(=O)c1ccc2nccnc2c1)NC(=O)NCc1ccco1. The summed E-state index contributed by atoms with van der Waals surface area (Å²) < 4.78 is 9.93. The maximum absolute atomic E-state index is 12.0. The number of nitrogens with zero attached hydrogens (tertiary/aromatic N) is 2. The predicted octanol–water partition coefficient (Wildman–Crippen LogP) is 1.41. The first-order chi connectivity index (χ1) is 12.6. The number of benzene rings is 1. The van der Waals surface area contributed by atoms with Crippen LogP contribution in [0.4, 0.5) is 4.79 Å². The van der Waals surface area contributed by atoms with Crippen LogP contribution in [0.3, 0.4) is 0 Å². The molecule has 0 aliphatic heterocycles. The summed E-state index contributed by atoms with van der Waals surface area (Å²) >= 11 is 0. The van der Waals surface area contributed by atoms with Crippen LogP contribution in [0.25, 0.3) is 11.0 Å². The number of nitrogens with one attached hydrogen (secondary N) is 2. The van der Waals surface area contributed by atoms with Gasteiger partial charge >= 0.3 is 12.0 Å². The molecule has 0 saturated carbocycles. The van der Waals surface area contributed by atoms with E-state index in [1.807, 2.05) is 5.32 Å². The lowest BCUT2D eigenvalue weighted by molar-refractivity contribution is -0.123. The minimum atomic E-state index is -0.754. The average molecular weight is 354 g/mol. The van der Waals surface area contributed by atoms with Crippen molar-refractivity contribution in [1.29, 1.82) is 0 Å². The molecule has 3 rings (SSSR count). The lowest BCUT2D eigenvalue weighted by Crippen LogP contribution is -2.41. The Bertz CT molecular complexity index is 939. The number of carbonyl (C=O) groups is 3. The minimum Gasteiger partial charge on any atom is -0.467 e. The molecule has 0 atom stereocenters. The van der Waals surface area contributed by atoms with E-state index in [-0.39, 0.29) is 12.1 Å². The van der Waals surface area contributed by atoms with E-state index in [1.54, 1.807) is 24.4 Å². The monoisotopic (exact) mass is 354 g/mol. The van der Waals surface area contributed by atoms with Crippen LogP contribution >= 0.6 is 0 Å². The Morgan fingerprint density at radius 2 is 1.88 bits per heavy atom. The molecule has 132 valence electrons. The number of fused-ring (bicyclic) bond motifs is 1. The summed E-state index contributed by atoms with van der Waals surface area (Å²) in [6.45, 7) is -0.463. The topological polar surface area (TPSA) is 123 Å². The van der Waals surface area contributed by atoms with Gasteiger partial charge < -0.3 is 14.5 Å². The van der Waals surface area contributed by atoms with Crippen molar-refractivity contribution in [3.63, 3.8) is 0 Å². The van der Waals surface area contributed by atoms with E-state index < -0.39 is 24.5 Å². The van der Waals surface area contributed by atoms with Crippen molar-refractivity contribution in [3.8, 4) is 0 Å². The number of esters is 1. The van der Waals surface area contributed by atoms with Gasteiger partial charge in [-0.05, 0) is 30.3 Å². The van der Waals surface area contributed by atoms with Crippen molar-refractivity contribution in [1.82, 2.24) is 20.6 Å². The molecule has 3 aromatic rings. The lowest BCUT2D eigenvalue weighted by atomic mass is 10.2. The van der Waals surface area contributed by atoms with E-state index in [0.717, 1.165) is 0 Å². The van der Waals surface area contributed by atoms with Gasteiger partial charge in [0, 0.05) is 12.4 Å². The van der Waals surface area contributed by atoms with Crippen LogP contribution in [0.15, 0.2) is 53.4 Å². The molecule has 0 unspecified atom stereocenters. The van der Waals surface area contributed by atoms with E-state index in [4.69, 9.17) is 9.15 Å². The molecular formula is C17H14N4O5. The zero-order valence-corrected chi connectivity index (χ0v) is 13.5. The molecule has 0 spiro atoms. The quantitative estimate of drug-likeness (QED) is 0.664. The summed E-state index contributed by atoms with van der Waals surface area (Å²) in [6.07, 6.45) is 4.52. The largest absolute Gasteiger partial charge is 0.467 e. The Hall–Kier alpha value is -3.75. The van der Waals surface area contributed by atoms with Gasteiger partial charge in [0.15, 0.2) is 6.61 Å². The summed E-state index contributed by atoms with van der Waals surface area (Å²) in [5.74, 6) is -0.919. The van der Waals surface area contributed by atoms with E-state index in [0.29, 0.717) is 16.8 Å². The molecule has 9 heteroatoms. The van der Waals surface area contributed by atoms with Gasteiger partial charge in [0.2, 0.25) is 0 Å². The van der Waals surface area contributed by atoms with Crippen LogP contribution in [-0.4, -0.2) is 34.5 Å². The number of carbonyl (C=O) groups excluding carboxylic acids is 3. The first-order valence-corrected chi connectivity index (χ1v) is 7.60. The molecule has 26 heavy (non-hydrogen) atoms. The Morgan fingerprint density at radius 1 is 1.08 bits per heavy atom. The van der Waals surface area contributed by atoms with Gasteiger partial charge in [-0.15, -0.1) is 0 Å². The number of furan rings is 1. The molecule has 2 aromatic heterocycles. The maximum atomic E-state index is 12.0. The van der Waals surface area contributed by atoms with Crippen LogP contribution in [0.1, 0.15) is 16.1 Å². The molecule has 2 heterocycles. The van der Waals surface area contributed by atoms with Crippen LogP contribution in [-0.2, 0) is 16.1 Å². The summed E-state index contributed by atoms with van der Waals surface area (Å²) in [7, 11) is 0. The van der Waals surface area contributed by atoms with Crippen molar-refractivity contribution >= 4 is 28.9 Å². The average Bonchev–Trinajstić information content (AvgIpc) is 3.17. The van der Waals surface area contributed by atoms with Crippen LogP contribution in [0.2, 0.25) is 0 Å². The van der Waals surface area contributed by atoms with Crippen LogP contribution in [0.5, 0.6) is 0 Å². The Morgan fingerprint density at radius 3 is 2.65 bits per heavy atom. The molecule has 0 fully saturated rings. The molecule has 3 amide bonds. The second-order valence-electron chi connectivity index (χ2n) is 5.15. The van der Waals surface area contributed by atoms with Gasteiger partial charge in [-0.1, -0.05) is 0 Å². The van der Waals surface area contributed by atoms with Gasteiger partial charge in [0.05, 0.1) is 29.4 Å². The lowest BCUT2D eigenvalue weighted by Gasteiger charge is -2.07. The second-order valence-corrected chi connectivity index (χ2v) is 5.15. The van der Waals surface area contributed by atoms with E-state index in [1.165, 1.54) is 24.6 Å². The number of hydrogen-bond donors (Lipinski definition) is 2. The third-order valence-corrected chi connectivity index (χ3v) is 3.30. The van der Waals surface area contributed by atoms with Crippen molar-refractivity contribution in [3.05, 3.63) is 60.3 Å². The molecular weight excluding hydrogens is 340 g/mol. The van der Waals surface area contributed by atoms with Crippen molar-refractivity contribution < 1.29 is 23.5 Å². The molecule has 0 aliphatic rings. The second kappa shape index (κ2) is 7.88. The summed E-state index contributed by atoms with van der Waals surface area (Å²) in [6, 6.07) is 7.30. The Labute approximate surface area is 147 Å². The third kappa shape index (κ3) is 4.41. The molecule has 0 bridgehead atoms. The highest BCUT2D eigenvalue weighted by Crippen LogP contribution is 2.11. The molecule has 0 aliphatic carbocycles. The van der Waals surface area contributed by atoms with Gasteiger partial charge in [-0.25, -0.2) is 9.59 Å². The maximum Gasteiger partial charge on any atom is 0.338 e. The number of aromatic nitrogens is 2. The van der Waals surface area contributed by atoms with Crippen molar-refractivity contribution in [2.45, 2.75) is 6.54 Å². The fraction of sp³-hybridized carbons (Fsp3) is 0.118. The first kappa shape index (κ1) is 17.1. The number of urea groups is 1. The molecule has 9 nitrogen and oxygen atoms in total. The van der Waals surface area contributed by atoms with E-state index >= 15 is 0 Å². The highest BCUT2D eigenvalue weighted by atomic mass is 16.5. The van der Waals surface area contributed by atoms with Gasteiger partial charge in [0.25, 0.3) is 5.91 Å². The zero-order valence-electron chi connectivity index (χ0n) is 13.5. The van der Waals surface area contributed by atoms with Gasteiger partial charge in [-0.2, -0.15) is 0 Å². The fourth-order valence-corrected chi connectivity index (χ4v) is 2.09. The molecule has 2 N–H and O–H groups in total. The highest BCUT2D eigenvalue weighted by molar-refractivity contribution is 5.97. The summed E-state index contributed by atoms with van der Waals surface area (Å²) in [4.78, 5) is 43.4. The van der Waals surface area contributed by atoms with Gasteiger partial charge in [-0.3, -0.25) is 20.1 Å². The number of hydrogen-bond acceptors (Lipinski definition) is 7. The summed E-state index contributed by atoms with van der Waals surface area (Å²) in [5.41, 5.74) is 1.40.